The van der Waals surface area contributed by atoms with Crippen LogP contribution in [0, 0.1) is 0 Å². The van der Waals surface area contributed by atoms with Gasteiger partial charge in [-0.2, -0.15) is 0 Å². The van der Waals surface area contributed by atoms with E-state index in [1.165, 1.54) is 6.34 Å². The molecule has 5 heteroatoms. The molecule has 0 spiro atoms. The van der Waals surface area contributed by atoms with Gasteiger partial charge in [0.1, 0.15) is 6.04 Å². The molecular formula is C12H23N3O2. The summed E-state index contributed by atoms with van der Waals surface area (Å²) in [6, 6.07) is -0.264. The molecule has 0 aromatic rings. The quantitative estimate of drug-likeness (QED) is 0.525. The minimum absolute atomic E-state index is 0.0439. The maximum absolute atomic E-state index is 12.0. The highest BCUT2D eigenvalue weighted by Crippen LogP contribution is 2.20. The van der Waals surface area contributed by atoms with E-state index in [9.17, 15) is 4.79 Å². The van der Waals surface area contributed by atoms with Gasteiger partial charge in [0.05, 0.1) is 19.6 Å². The Morgan fingerprint density at radius 1 is 1.47 bits per heavy atom. The molecule has 1 fully saturated rings. The lowest BCUT2D eigenvalue weighted by Crippen LogP contribution is -2.57. The van der Waals surface area contributed by atoms with E-state index in [0.717, 1.165) is 6.54 Å². The second kappa shape index (κ2) is 5.60. The van der Waals surface area contributed by atoms with Crippen molar-refractivity contribution in [3.05, 3.63) is 0 Å². The van der Waals surface area contributed by atoms with Crippen LogP contribution in [-0.2, 0) is 9.53 Å². The average molecular weight is 241 g/mol. The van der Waals surface area contributed by atoms with Gasteiger partial charge in [-0.1, -0.05) is 0 Å². The van der Waals surface area contributed by atoms with Gasteiger partial charge < -0.3 is 9.64 Å². The van der Waals surface area contributed by atoms with Gasteiger partial charge >= 0.3 is 0 Å². The lowest BCUT2D eigenvalue weighted by atomic mass is 10.0. The van der Waals surface area contributed by atoms with E-state index >= 15 is 0 Å². The molecule has 0 aromatic heterocycles. The van der Waals surface area contributed by atoms with E-state index in [0.29, 0.717) is 13.2 Å². The summed E-state index contributed by atoms with van der Waals surface area (Å²) in [5, 5.41) is 0. The maximum atomic E-state index is 12.0. The molecule has 0 radical (unpaired) electrons. The van der Waals surface area contributed by atoms with Crippen molar-refractivity contribution in [2.75, 3.05) is 33.9 Å². The number of hydrogen-bond acceptors (Lipinski definition) is 3. The third kappa shape index (κ3) is 4.09. The number of carbonyl (C=O) groups is 1. The summed E-state index contributed by atoms with van der Waals surface area (Å²) in [5.74, 6) is -0.131. The number of amides is 1. The van der Waals surface area contributed by atoms with Gasteiger partial charge in [-0.15, -0.1) is 0 Å². The molecule has 0 aliphatic carbocycles. The Balaban J connectivity index is 2.75. The number of carbonyl (C=O) groups excluding carboxylic acids is 1. The van der Waals surface area contributed by atoms with Gasteiger partial charge in [-0.3, -0.25) is 9.69 Å². The number of rotatable bonds is 2. The van der Waals surface area contributed by atoms with E-state index in [1.54, 1.807) is 4.90 Å². The Morgan fingerprint density at radius 3 is 2.65 bits per heavy atom. The fourth-order valence-electron chi connectivity index (χ4n) is 1.87. The van der Waals surface area contributed by atoms with Crippen LogP contribution < -0.4 is 0 Å². The minimum Gasteiger partial charge on any atom is -0.378 e. The molecule has 17 heavy (non-hydrogen) atoms. The minimum atomic E-state index is -0.264. The van der Waals surface area contributed by atoms with Gasteiger partial charge in [0.15, 0.2) is 0 Å². The summed E-state index contributed by atoms with van der Waals surface area (Å²) in [7, 11) is 3.69. The number of nitrogens with zero attached hydrogens (tertiary/aromatic N) is 3. The Kier molecular flexibility index (Phi) is 4.65. The molecule has 1 aliphatic rings. The lowest BCUT2D eigenvalue weighted by molar-refractivity contribution is -0.133. The van der Waals surface area contributed by atoms with Gasteiger partial charge in [-0.25, -0.2) is 4.99 Å². The third-order valence-corrected chi connectivity index (χ3v) is 2.69. The number of aliphatic imine (C=N–C) groups is 1. The van der Waals surface area contributed by atoms with E-state index in [-0.39, 0.29) is 17.5 Å². The Labute approximate surface area is 103 Å². The fourth-order valence-corrected chi connectivity index (χ4v) is 1.87. The van der Waals surface area contributed by atoms with E-state index in [4.69, 9.17) is 4.74 Å². The molecule has 98 valence electrons. The van der Waals surface area contributed by atoms with Crippen molar-refractivity contribution >= 4 is 12.2 Å². The Morgan fingerprint density at radius 2 is 2.12 bits per heavy atom. The molecule has 5 nitrogen and oxygen atoms in total. The van der Waals surface area contributed by atoms with Crippen LogP contribution in [0.1, 0.15) is 20.8 Å². The summed E-state index contributed by atoms with van der Waals surface area (Å²) < 4.78 is 5.39. The van der Waals surface area contributed by atoms with Crippen LogP contribution in [0.15, 0.2) is 4.99 Å². The molecule has 1 unspecified atom stereocenters. The lowest BCUT2D eigenvalue weighted by Gasteiger charge is -2.42. The van der Waals surface area contributed by atoms with Crippen LogP contribution in [0.3, 0.4) is 0 Å². The van der Waals surface area contributed by atoms with E-state index < -0.39 is 0 Å². The van der Waals surface area contributed by atoms with Crippen molar-refractivity contribution < 1.29 is 9.53 Å². The SMILES string of the molecule is CN(C)C=NC(=O)C1COCCN1C(C)(C)C. The third-order valence-electron chi connectivity index (χ3n) is 2.69. The normalized spacial score (nSPS) is 23.0. The van der Waals surface area contributed by atoms with Crippen LogP contribution in [0.2, 0.25) is 0 Å². The van der Waals surface area contributed by atoms with Gasteiger partial charge in [-0.05, 0) is 20.8 Å². The number of ether oxygens (including phenoxy) is 1. The Hall–Kier alpha value is -0.940. The number of morpholine rings is 1. The van der Waals surface area contributed by atoms with Crippen molar-refractivity contribution in [2.45, 2.75) is 32.4 Å². The van der Waals surface area contributed by atoms with Crippen LogP contribution >= 0.6 is 0 Å². The predicted octanol–water partition coefficient (Wildman–Crippen LogP) is 0.602. The zero-order valence-corrected chi connectivity index (χ0v) is 11.4. The van der Waals surface area contributed by atoms with E-state index in [2.05, 4.69) is 30.7 Å². The van der Waals surface area contributed by atoms with Crippen LogP contribution in [0.5, 0.6) is 0 Å². The van der Waals surface area contributed by atoms with Crippen LogP contribution in [0.25, 0.3) is 0 Å². The maximum Gasteiger partial charge on any atom is 0.266 e. The first-order chi connectivity index (χ1) is 7.82. The molecule has 0 saturated carbocycles. The molecule has 1 rings (SSSR count). The van der Waals surface area contributed by atoms with Crippen LogP contribution in [-0.4, -0.2) is 67.5 Å². The predicted molar refractivity (Wildman–Crippen MR) is 68.3 cm³/mol. The molecular weight excluding hydrogens is 218 g/mol. The monoisotopic (exact) mass is 241 g/mol. The molecule has 0 bridgehead atoms. The fraction of sp³-hybridized carbons (Fsp3) is 0.833. The zero-order chi connectivity index (χ0) is 13.1. The standard InChI is InChI=1S/C12H23N3O2/c1-12(2,3)15-6-7-17-8-10(15)11(16)13-9-14(4)5/h9-10H,6-8H2,1-5H3. The zero-order valence-electron chi connectivity index (χ0n) is 11.4. The second-order valence-corrected chi connectivity index (χ2v) is 5.50. The largest absolute Gasteiger partial charge is 0.378 e. The Bertz CT molecular complexity index is 295. The highest BCUT2D eigenvalue weighted by Gasteiger charge is 2.35. The van der Waals surface area contributed by atoms with Crippen molar-refractivity contribution in [1.29, 1.82) is 0 Å². The molecule has 1 amide bonds. The summed E-state index contributed by atoms with van der Waals surface area (Å²) in [4.78, 5) is 19.9. The van der Waals surface area contributed by atoms with E-state index in [1.807, 2.05) is 14.1 Å². The highest BCUT2D eigenvalue weighted by molar-refractivity contribution is 5.88. The summed E-state index contributed by atoms with van der Waals surface area (Å²) in [6.45, 7) is 8.20. The van der Waals surface area contributed by atoms with Gasteiger partial charge in [0, 0.05) is 26.2 Å². The molecule has 0 N–H and O–H groups in total. The summed E-state index contributed by atoms with van der Waals surface area (Å²) in [6.07, 6.45) is 1.54. The summed E-state index contributed by atoms with van der Waals surface area (Å²) >= 11 is 0. The topological polar surface area (TPSA) is 45.1 Å². The molecule has 1 heterocycles. The molecule has 1 saturated heterocycles. The summed E-state index contributed by atoms with van der Waals surface area (Å²) in [5.41, 5.74) is -0.0439. The molecule has 1 aliphatic heterocycles. The van der Waals surface area contributed by atoms with Crippen LogP contribution in [0.4, 0.5) is 0 Å². The van der Waals surface area contributed by atoms with Gasteiger partial charge in [0.25, 0.3) is 5.91 Å². The van der Waals surface area contributed by atoms with Crippen molar-refractivity contribution in [3.8, 4) is 0 Å². The first-order valence-electron chi connectivity index (χ1n) is 5.91. The van der Waals surface area contributed by atoms with Crippen molar-refractivity contribution in [1.82, 2.24) is 9.80 Å². The first kappa shape index (κ1) is 14.1. The van der Waals surface area contributed by atoms with Crippen molar-refractivity contribution in [2.24, 2.45) is 4.99 Å². The second-order valence-electron chi connectivity index (χ2n) is 5.50. The molecule has 0 aromatic carbocycles. The highest BCUT2D eigenvalue weighted by atomic mass is 16.5. The van der Waals surface area contributed by atoms with Gasteiger partial charge in [0.2, 0.25) is 0 Å². The smallest absolute Gasteiger partial charge is 0.266 e. The van der Waals surface area contributed by atoms with Crippen molar-refractivity contribution in [3.63, 3.8) is 0 Å². The number of hydrogen-bond donors (Lipinski definition) is 0. The first-order valence-corrected chi connectivity index (χ1v) is 5.91. The molecule has 1 atom stereocenters. The average Bonchev–Trinajstić information content (AvgIpc) is 2.24.